The average Bonchev–Trinajstić information content (AvgIpc) is 2.19. The van der Waals surface area contributed by atoms with Crippen LogP contribution in [0.1, 0.15) is 37.4 Å². The number of nitrogens with one attached hydrogen (secondary N) is 1. The van der Waals surface area contributed by atoms with Crippen LogP contribution < -0.4 is 5.32 Å². The van der Waals surface area contributed by atoms with Crippen molar-refractivity contribution >= 4 is 15.9 Å². The fraction of sp³-hybridized carbons (Fsp3) is 0.538. The molecule has 0 aromatic heterocycles. The van der Waals surface area contributed by atoms with Crippen LogP contribution in [0.15, 0.2) is 22.7 Å². The van der Waals surface area contributed by atoms with Gasteiger partial charge in [-0.05, 0) is 43.5 Å². The molecule has 0 bridgehead atoms. The van der Waals surface area contributed by atoms with Crippen molar-refractivity contribution in [2.24, 2.45) is 5.92 Å². The van der Waals surface area contributed by atoms with E-state index in [2.05, 4.69) is 60.2 Å². The number of hydrogen-bond donors (Lipinski definition) is 1. The summed E-state index contributed by atoms with van der Waals surface area (Å²) >= 11 is 3.58. The molecule has 1 nitrogen and oxygen atoms in total. The summed E-state index contributed by atoms with van der Waals surface area (Å²) in [6, 6.07) is 6.88. The molecule has 0 saturated heterocycles. The Kier molecular flexibility index (Phi) is 4.81. The highest BCUT2D eigenvalue weighted by atomic mass is 79.9. The molecule has 2 heteroatoms. The summed E-state index contributed by atoms with van der Waals surface area (Å²) in [6.07, 6.45) is 1.17. The van der Waals surface area contributed by atoms with Crippen LogP contribution in [0.4, 0.5) is 0 Å². The molecule has 0 aliphatic carbocycles. The van der Waals surface area contributed by atoms with E-state index < -0.39 is 0 Å². The van der Waals surface area contributed by atoms with Crippen LogP contribution in [-0.4, -0.2) is 7.05 Å². The van der Waals surface area contributed by atoms with Gasteiger partial charge in [-0.2, -0.15) is 0 Å². The lowest BCUT2D eigenvalue weighted by molar-refractivity contribution is 0.455. The first-order valence-corrected chi connectivity index (χ1v) is 6.27. The highest BCUT2D eigenvalue weighted by Gasteiger charge is 2.14. The van der Waals surface area contributed by atoms with Gasteiger partial charge in [-0.15, -0.1) is 0 Å². The average molecular weight is 270 g/mol. The van der Waals surface area contributed by atoms with E-state index in [1.807, 2.05) is 7.05 Å². The Morgan fingerprint density at radius 3 is 2.53 bits per heavy atom. The zero-order valence-electron chi connectivity index (χ0n) is 9.97. The molecular formula is C13H20BrN. The van der Waals surface area contributed by atoms with Crippen molar-refractivity contribution in [3.8, 4) is 0 Å². The largest absolute Gasteiger partial charge is 0.313 e. The summed E-state index contributed by atoms with van der Waals surface area (Å²) in [5.41, 5.74) is 2.75. The highest BCUT2D eigenvalue weighted by molar-refractivity contribution is 9.10. The van der Waals surface area contributed by atoms with E-state index in [1.54, 1.807) is 0 Å². The standard InChI is InChI=1S/C13H20BrN/c1-9(2)8-13(15-4)11-6-5-7-12(14)10(11)3/h5-7,9,13,15H,8H2,1-4H3. The maximum absolute atomic E-state index is 3.58. The van der Waals surface area contributed by atoms with Gasteiger partial charge in [0, 0.05) is 10.5 Å². The van der Waals surface area contributed by atoms with Gasteiger partial charge in [0.15, 0.2) is 0 Å². The first-order valence-electron chi connectivity index (χ1n) is 5.48. The number of hydrogen-bond acceptors (Lipinski definition) is 1. The van der Waals surface area contributed by atoms with Crippen molar-refractivity contribution in [1.29, 1.82) is 0 Å². The second-order valence-electron chi connectivity index (χ2n) is 4.42. The molecule has 0 aliphatic rings. The van der Waals surface area contributed by atoms with Gasteiger partial charge < -0.3 is 5.32 Å². The lowest BCUT2D eigenvalue weighted by Gasteiger charge is -2.21. The van der Waals surface area contributed by atoms with Crippen LogP contribution in [0.2, 0.25) is 0 Å². The van der Waals surface area contributed by atoms with Crippen molar-refractivity contribution in [2.75, 3.05) is 7.05 Å². The number of halogens is 1. The molecule has 15 heavy (non-hydrogen) atoms. The van der Waals surface area contributed by atoms with Gasteiger partial charge in [0.25, 0.3) is 0 Å². The molecule has 1 N–H and O–H groups in total. The molecule has 1 rings (SSSR count). The maximum atomic E-state index is 3.58. The zero-order chi connectivity index (χ0) is 11.4. The summed E-state index contributed by atoms with van der Waals surface area (Å²) in [5, 5.41) is 3.40. The molecule has 1 atom stereocenters. The summed E-state index contributed by atoms with van der Waals surface area (Å²) in [4.78, 5) is 0. The van der Waals surface area contributed by atoms with Crippen LogP contribution >= 0.6 is 15.9 Å². The van der Waals surface area contributed by atoms with E-state index >= 15 is 0 Å². The lowest BCUT2D eigenvalue weighted by Crippen LogP contribution is -2.19. The van der Waals surface area contributed by atoms with E-state index in [9.17, 15) is 0 Å². The third kappa shape index (κ3) is 3.32. The molecule has 0 fully saturated rings. The first kappa shape index (κ1) is 12.7. The van der Waals surface area contributed by atoms with E-state index in [4.69, 9.17) is 0 Å². The second-order valence-corrected chi connectivity index (χ2v) is 5.28. The summed E-state index contributed by atoms with van der Waals surface area (Å²) in [7, 11) is 2.04. The number of benzene rings is 1. The maximum Gasteiger partial charge on any atom is 0.0322 e. The van der Waals surface area contributed by atoms with E-state index in [-0.39, 0.29) is 0 Å². The molecule has 1 unspecified atom stereocenters. The van der Waals surface area contributed by atoms with Crippen LogP contribution in [-0.2, 0) is 0 Å². The monoisotopic (exact) mass is 269 g/mol. The van der Waals surface area contributed by atoms with Crippen molar-refractivity contribution in [3.63, 3.8) is 0 Å². The van der Waals surface area contributed by atoms with E-state index in [0.717, 1.165) is 0 Å². The molecule has 0 spiro atoms. The third-order valence-corrected chi connectivity index (χ3v) is 3.60. The fourth-order valence-electron chi connectivity index (χ4n) is 1.87. The van der Waals surface area contributed by atoms with Crippen LogP contribution in [0.25, 0.3) is 0 Å². The SMILES string of the molecule is CNC(CC(C)C)c1cccc(Br)c1C. The molecule has 0 aliphatic heterocycles. The Bertz CT molecular complexity index is 320. The zero-order valence-corrected chi connectivity index (χ0v) is 11.6. The minimum atomic E-state index is 0.461. The smallest absolute Gasteiger partial charge is 0.0322 e. The van der Waals surface area contributed by atoms with Gasteiger partial charge in [0.05, 0.1) is 0 Å². The minimum absolute atomic E-state index is 0.461. The van der Waals surface area contributed by atoms with Crippen molar-refractivity contribution in [3.05, 3.63) is 33.8 Å². The summed E-state index contributed by atoms with van der Waals surface area (Å²) < 4.78 is 1.20. The van der Waals surface area contributed by atoms with E-state index in [0.29, 0.717) is 12.0 Å². The predicted molar refractivity (Wildman–Crippen MR) is 70.1 cm³/mol. The third-order valence-electron chi connectivity index (χ3n) is 2.74. The predicted octanol–water partition coefficient (Wildman–Crippen LogP) is 4.06. The van der Waals surface area contributed by atoms with Gasteiger partial charge in [-0.1, -0.05) is 41.9 Å². The second kappa shape index (κ2) is 5.66. The van der Waals surface area contributed by atoms with Crippen LogP contribution in [0.3, 0.4) is 0 Å². The molecule has 0 amide bonds. The fourth-order valence-corrected chi connectivity index (χ4v) is 2.25. The molecule has 84 valence electrons. The summed E-state index contributed by atoms with van der Waals surface area (Å²) in [6.45, 7) is 6.69. The normalized spacial score (nSPS) is 13.2. The molecule has 0 heterocycles. The molecular weight excluding hydrogens is 250 g/mol. The quantitative estimate of drug-likeness (QED) is 0.869. The van der Waals surface area contributed by atoms with E-state index in [1.165, 1.54) is 22.0 Å². The molecule has 1 aromatic rings. The van der Waals surface area contributed by atoms with Gasteiger partial charge in [-0.25, -0.2) is 0 Å². The first-order chi connectivity index (χ1) is 7.06. The Morgan fingerprint density at radius 1 is 1.33 bits per heavy atom. The topological polar surface area (TPSA) is 12.0 Å². The van der Waals surface area contributed by atoms with Gasteiger partial charge >= 0.3 is 0 Å². The highest BCUT2D eigenvalue weighted by Crippen LogP contribution is 2.28. The number of rotatable bonds is 4. The molecule has 1 aromatic carbocycles. The van der Waals surface area contributed by atoms with Gasteiger partial charge in [-0.3, -0.25) is 0 Å². The van der Waals surface area contributed by atoms with Crippen molar-refractivity contribution in [1.82, 2.24) is 5.32 Å². The van der Waals surface area contributed by atoms with Crippen LogP contribution in [0.5, 0.6) is 0 Å². The Morgan fingerprint density at radius 2 is 2.00 bits per heavy atom. The van der Waals surface area contributed by atoms with Gasteiger partial charge in [0.2, 0.25) is 0 Å². The lowest BCUT2D eigenvalue weighted by atomic mass is 9.94. The minimum Gasteiger partial charge on any atom is -0.313 e. The molecule has 0 radical (unpaired) electrons. The van der Waals surface area contributed by atoms with Crippen LogP contribution in [0, 0.1) is 12.8 Å². The molecule has 0 saturated carbocycles. The Labute approximate surface area is 101 Å². The van der Waals surface area contributed by atoms with Crippen molar-refractivity contribution < 1.29 is 0 Å². The summed E-state index contributed by atoms with van der Waals surface area (Å²) in [5.74, 6) is 0.709. The van der Waals surface area contributed by atoms with Gasteiger partial charge in [0.1, 0.15) is 0 Å². The Balaban J connectivity index is 2.96. The Hall–Kier alpha value is -0.340. The van der Waals surface area contributed by atoms with Crippen molar-refractivity contribution in [2.45, 2.75) is 33.2 Å².